The molecule has 68 valence electrons. The second kappa shape index (κ2) is 3.16. The average molecular weight is 260 g/mol. The Morgan fingerprint density at radius 1 is 1.46 bits per heavy atom. The van der Waals surface area contributed by atoms with Crippen molar-refractivity contribution in [1.82, 2.24) is 0 Å². The van der Waals surface area contributed by atoms with Crippen molar-refractivity contribution in [2.45, 2.75) is 0 Å². The van der Waals surface area contributed by atoms with E-state index in [1.54, 1.807) is 6.07 Å². The summed E-state index contributed by atoms with van der Waals surface area (Å²) in [4.78, 5) is 0.346. The number of ether oxygens (including phenoxy) is 2. The number of fused-ring (bicyclic) bond motifs is 1. The molecule has 0 atom stereocenters. The molecule has 0 unspecified atom stereocenters. The van der Waals surface area contributed by atoms with Crippen molar-refractivity contribution in [3.63, 3.8) is 0 Å². The van der Waals surface area contributed by atoms with Gasteiger partial charge in [-0.2, -0.15) is 0 Å². The Morgan fingerprint density at radius 2 is 2.23 bits per heavy atom. The molecule has 1 heterocycles. The fourth-order valence-corrected chi connectivity index (χ4v) is 1.78. The van der Waals surface area contributed by atoms with Gasteiger partial charge in [-0.3, -0.25) is 0 Å². The molecule has 0 aliphatic carbocycles. The van der Waals surface area contributed by atoms with Crippen LogP contribution < -0.4 is 15.2 Å². The van der Waals surface area contributed by atoms with Crippen molar-refractivity contribution in [3.05, 3.63) is 22.2 Å². The highest BCUT2D eigenvalue weighted by Gasteiger charge is 2.18. The number of rotatable bonds is 1. The molecule has 0 saturated carbocycles. The van der Waals surface area contributed by atoms with E-state index in [4.69, 9.17) is 27.4 Å². The Bertz CT molecular complexity index is 381. The topological polar surface area (TPSA) is 44.5 Å². The Morgan fingerprint density at radius 3 is 2.92 bits per heavy atom. The van der Waals surface area contributed by atoms with Gasteiger partial charge in [0.2, 0.25) is 6.79 Å². The number of hydrogen-bond donors (Lipinski definition) is 1. The molecule has 0 fully saturated rings. The Kier molecular flexibility index (Phi) is 2.13. The summed E-state index contributed by atoms with van der Waals surface area (Å²) in [5.74, 6) is 1.39. The van der Waals surface area contributed by atoms with E-state index < -0.39 is 0 Å². The molecule has 2 N–H and O–H groups in total. The van der Waals surface area contributed by atoms with E-state index in [9.17, 15) is 0 Å². The highest BCUT2D eigenvalue weighted by molar-refractivity contribution is 9.10. The van der Waals surface area contributed by atoms with Gasteiger partial charge in [-0.05, 0) is 28.1 Å². The van der Waals surface area contributed by atoms with Crippen LogP contribution in [0, 0.1) is 0 Å². The van der Waals surface area contributed by atoms with E-state index >= 15 is 0 Å². The number of hydrogen-bond acceptors (Lipinski definition) is 3. The summed E-state index contributed by atoms with van der Waals surface area (Å²) < 4.78 is 11.2. The molecule has 1 aromatic rings. The minimum atomic E-state index is 0.245. The van der Waals surface area contributed by atoms with Crippen molar-refractivity contribution in [2.24, 2.45) is 5.73 Å². The van der Waals surface area contributed by atoms with E-state index in [2.05, 4.69) is 15.9 Å². The van der Waals surface area contributed by atoms with Gasteiger partial charge in [0.05, 0.1) is 4.47 Å². The summed E-state index contributed by atoms with van der Waals surface area (Å²) >= 11 is 8.20. The lowest BCUT2D eigenvalue weighted by molar-refractivity contribution is 0.173. The van der Waals surface area contributed by atoms with Gasteiger partial charge in [-0.1, -0.05) is 12.2 Å². The van der Waals surface area contributed by atoms with Gasteiger partial charge in [-0.15, -0.1) is 0 Å². The lowest BCUT2D eigenvalue weighted by atomic mass is 10.2. The summed E-state index contributed by atoms with van der Waals surface area (Å²) in [6.45, 7) is 0.245. The molecule has 1 aliphatic rings. The molecular formula is C8H6BrNO2S. The Hall–Kier alpha value is -0.810. The number of halogens is 1. The normalized spacial score (nSPS) is 13.0. The molecule has 2 rings (SSSR count). The van der Waals surface area contributed by atoms with Crippen LogP contribution in [-0.2, 0) is 0 Å². The summed E-state index contributed by atoms with van der Waals surface area (Å²) in [5, 5.41) is 0. The summed E-state index contributed by atoms with van der Waals surface area (Å²) in [6, 6.07) is 3.59. The molecule has 0 radical (unpaired) electrons. The third kappa shape index (κ3) is 1.49. The summed E-state index contributed by atoms with van der Waals surface area (Å²) in [7, 11) is 0. The van der Waals surface area contributed by atoms with E-state index in [0.29, 0.717) is 16.5 Å². The molecule has 5 heteroatoms. The molecule has 13 heavy (non-hydrogen) atoms. The van der Waals surface area contributed by atoms with Crippen LogP contribution in [0.1, 0.15) is 5.56 Å². The van der Waals surface area contributed by atoms with E-state index in [1.807, 2.05) is 6.07 Å². The Labute approximate surface area is 88.9 Å². The molecule has 0 spiro atoms. The van der Waals surface area contributed by atoms with Gasteiger partial charge >= 0.3 is 0 Å². The van der Waals surface area contributed by atoms with Gasteiger partial charge in [0.15, 0.2) is 11.5 Å². The van der Waals surface area contributed by atoms with Crippen LogP contribution in [-0.4, -0.2) is 11.8 Å². The first-order chi connectivity index (χ1) is 6.18. The van der Waals surface area contributed by atoms with Crippen LogP contribution in [0.5, 0.6) is 11.5 Å². The largest absolute Gasteiger partial charge is 0.454 e. The maximum atomic E-state index is 5.49. The predicted octanol–water partition coefficient (Wildman–Crippen LogP) is 1.81. The van der Waals surface area contributed by atoms with Crippen molar-refractivity contribution in [1.29, 1.82) is 0 Å². The zero-order valence-corrected chi connectivity index (χ0v) is 8.94. The van der Waals surface area contributed by atoms with Gasteiger partial charge < -0.3 is 15.2 Å². The first-order valence-electron chi connectivity index (χ1n) is 3.57. The SMILES string of the molecule is NC(=S)c1cc(Br)c2c(c1)OCO2. The molecule has 1 aliphatic heterocycles. The monoisotopic (exact) mass is 259 g/mol. The summed E-state index contributed by atoms with van der Waals surface area (Å²) in [6.07, 6.45) is 0. The van der Waals surface area contributed by atoms with Gasteiger partial charge in [-0.25, -0.2) is 0 Å². The Balaban J connectivity index is 2.55. The first-order valence-corrected chi connectivity index (χ1v) is 4.77. The lowest BCUT2D eigenvalue weighted by Crippen LogP contribution is -2.09. The second-order valence-electron chi connectivity index (χ2n) is 2.56. The molecule has 0 aromatic heterocycles. The highest BCUT2D eigenvalue weighted by atomic mass is 79.9. The van der Waals surface area contributed by atoms with E-state index in [-0.39, 0.29) is 6.79 Å². The molecule has 1 aromatic carbocycles. The fourth-order valence-electron chi connectivity index (χ4n) is 1.11. The van der Waals surface area contributed by atoms with E-state index in [1.165, 1.54) is 0 Å². The van der Waals surface area contributed by atoms with Crippen LogP contribution in [0.15, 0.2) is 16.6 Å². The number of thiocarbonyl (C=S) groups is 1. The smallest absolute Gasteiger partial charge is 0.231 e. The van der Waals surface area contributed by atoms with Gasteiger partial charge in [0.1, 0.15) is 4.99 Å². The average Bonchev–Trinajstić information content (AvgIpc) is 2.51. The number of benzene rings is 1. The minimum absolute atomic E-state index is 0.245. The van der Waals surface area contributed by atoms with Crippen LogP contribution in [0.4, 0.5) is 0 Å². The highest BCUT2D eigenvalue weighted by Crippen LogP contribution is 2.39. The van der Waals surface area contributed by atoms with Crippen LogP contribution in [0.3, 0.4) is 0 Å². The van der Waals surface area contributed by atoms with E-state index in [0.717, 1.165) is 10.0 Å². The van der Waals surface area contributed by atoms with Crippen molar-refractivity contribution < 1.29 is 9.47 Å². The van der Waals surface area contributed by atoms with Crippen molar-refractivity contribution in [3.8, 4) is 11.5 Å². The van der Waals surface area contributed by atoms with Crippen molar-refractivity contribution in [2.75, 3.05) is 6.79 Å². The number of nitrogens with two attached hydrogens (primary N) is 1. The standard InChI is InChI=1S/C8H6BrNO2S/c9-5-1-4(8(10)13)2-6-7(5)12-3-11-6/h1-2H,3H2,(H2,10,13). The zero-order chi connectivity index (χ0) is 9.42. The third-order valence-electron chi connectivity index (χ3n) is 1.71. The lowest BCUT2D eigenvalue weighted by Gasteiger charge is -2.02. The van der Waals surface area contributed by atoms with Crippen LogP contribution >= 0.6 is 28.1 Å². The first kappa shape index (κ1) is 8.77. The molecular weight excluding hydrogens is 254 g/mol. The third-order valence-corrected chi connectivity index (χ3v) is 2.54. The molecule has 0 amide bonds. The van der Waals surface area contributed by atoms with Crippen LogP contribution in [0.25, 0.3) is 0 Å². The second-order valence-corrected chi connectivity index (χ2v) is 3.85. The molecule has 0 bridgehead atoms. The molecule has 0 saturated heterocycles. The summed E-state index contributed by atoms with van der Waals surface area (Å²) in [5.41, 5.74) is 6.26. The maximum absolute atomic E-state index is 5.49. The van der Waals surface area contributed by atoms with Crippen LogP contribution in [0.2, 0.25) is 0 Å². The predicted molar refractivity (Wildman–Crippen MR) is 56.2 cm³/mol. The molecule has 3 nitrogen and oxygen atoms in total. The van der Waals surface area contributed by atoms with Crippen molar-refractivity contribution >= 4 is 33.1 Å². The maximum Gasteiger partial charge on any atom is 0.231 e. The zero-order valence-electron chi connectivity index (χ0n) is 6.54. The fraction of sp³-hybridized carbons (Fsp3) is 0.125. The van der Waals surface area contributed by atoms with Gasteiger partial charge in [0, 0.05) is 5.56 Å². The minimum Gasteiger partial charge on any atom is -0.454 e. The quantitative estimate of drug-likeness (QED) is 0.782. The van der Waals surface area contributed by atoms with Gasteiger partial charge in [0.25, 0.3) is 0 Å².